The van der Waals surface area contributed by atoms with Gasteiger partial charge < -0.3 is 4.42 Å². The van der Waals surface area contributed by atoms with Crippen LogP contribution in [0, 0.1) is 0 Å². The Morgan fingerprint density at radius 2 is 1.00 bits per heavy atom. The monoisotopic (exact) mass is 602 g/mol. The highest BCUT2D eigenvalue weighted by Gasteiger charge is 2.20. The average Bonchev–Trinajstić information content (AvgIpc) is 3.53. The summed E-state index contributed by atoms with van der Waals surface area (Å²) in [6.45, 7) is 0. The molecule has 5 nitrogen and oxygen atoms in total. The molecule has 220 valence electrons. The van der Waals surface area contributed by atoms with Gasteiger partial charge in [-0.25, -0.2) is 19.9 Å². The molecule has 9 aromatic rings. The van der Waals surface area contributed by atoms with Gasteiger partial charge in [-0.05, 0) is 63.4 Å². The van der Waals surface area contributed by atoms with Gasteiger partial charge in [0.05, 0.1) is 0 Å². The van der Waals surface area contributed by atoms with Gasteiger partial charge in [-0.15, -0.1) is 0 Å². The fourth-order valence-electron chi connectivity index (χ4n) is 6.24. The second kappa shape index (κ2) is 11.2. The minimum absolute atomic E-state index is 0.571. The van der Waals surface area contributed by atoms with Gasteiger partial charge >= 0.3 is 0 Å². The zero-order valence-electron chi connectivity index (χ0n) is 25.2. The Labute approximate surface area is 270 Å². The van der Waals surface area contributed by atoms with Crippen molar-refractivity contribution in [2.75, 3.05) is 0 Å². The molecule has 9 rings (SSSR count). The van der Waals surface area contributed by atoms with Crippen LogP contribution in [0.1, 0.15) is 0 Å². The summed E-state index contributed by atoms with van der Waals surface area (Å²) in [6.07, 6.45) is 1.75. The summed E-state index contributed by atoms with van der Waals surface area (Å²) in [7, 11) is 0. The molecule has 47 heavy (non-hydrogen) atoms. The normalized spacial score (nSPS) is 11.4. The van der Waals surface area contributed by atoms with Crippen molar-refractivity contribution in [3.63, 3.8) is 0 Å². The van der Waals surface area contributed by atoms with Crippen LogP contribution < -0.4 is 0 Å². The standard InChI is InChI=1S/C42H26N4O/c1-3-10-27(11-4-1)29-17-19-30(20-18-29)34-25-36(38-35-16-9-23-43-42(35)47-37(38)26-34)41-45-39(31-13-5-2-6-14-31)44-40(46-41)33-22-21-28-12-7-8-15-32(28)24-33/h1-26H. The van der Waals surface area contributed by atoms with Gasteiger partial charge in [-0.3, -0.25) is 0 Å². The quantitative estimate of drug-likeness (QED) is 0.196. The highest BCUT2D eigenvalue weighted by atomic mass is 16.3. The third-order valence-corrected chi connectivity index (χ3v) is 8.59. The maximum atomic E-state index is 6.37. The van der Waals surface area contributed by atoms with Crippen molar-refractivity contribution in [3.8, 4) is 56.4 Å². The number of benzene rings is 6. The lowest BCUT2D eigenvalue weighted by Crippen LogP contribution is -2.00. The Bertz CT molecular complexity index is 2560. The predicted octanol–water partition coefficient (Wildman–Crippen LogP) is 10.7. The first-order valence-corrected chi connectivity index (χ1v) is 15.5. The smallest absolute Gasteiger partial charge is 0.227 e. The molecule has 0 saturated heterocycles. The second-order valence-corrected chi connectivity index (χ2v) is 11.5. The number of hydrogen-bond acceptors (Lipinski definition) is 5. The number of fused-ring (bicyclic) bond motifs is 4. The Hall–Kier alpha value is -6.46. The first-order chi connectivity index (χ1) is 23.3. The summed E-state index contributed by atoms with van der Waals surface area (Å²) in [5.74, 6) is 1.79. The molecular formula is C42H26N4O. The van der Waals surface area contributed by atoms with Crippen molar-refractivity contribution in [2.24, 2.45) is 0 Å². The van der Waals surface area contributed by atoms with E-state index in [1.807, 2.05) is 60.7 Å². The van der Waals surface area contributed by atoms with Gasteiger partial charge in [0.15, 0.2) is 17.5 Å². The van der Waals surface area contributed by atoms with Gasteiger partial charge in [-0.1, -0.05) is 121 Å². The van der Waals surface area contributed by atoms with Crippen LogP contribution in [0.3, 0.4) is 0 Å². The van der Waals surface area contributed by atoms with Gasteiger partial charge in [0.1, 0.15) is 5.58 Å². The van der Waals surface area contributed by atoms with Crippen molar-refractivity contribution >= 4 is 32.8 Å². The Morgan fingerprint density at radius 3 is 1.77 bits per heavy atom. The SMILES string of the molecule is c1ccc(-c2ccc(-c3cc(-c4nc(-c5ccccc5)nc(-c5ccc6ccccc6c5)n4)c4c(c3)oc3ncccc34)cc2)cc1. The van der Waals surface area contributed by atoms with Crippen molar-refractivity contribution in [3.05, 3.63) is 158 Å². The van der Waals surface area contributed by atoms with Gasteiger partial charge in [0, 0.05) is 33.7 Å². The van der Waals surface area contributed by atoms with Crippen molar-refractivity contribution in [2.45, 2.75) is 0 Å². The van der Waals surface area contributed by atoms with Crippen molar-refractivity contribution < 1.29 is 4.42 Å². The summed E-state index contributed by atoms with van der Waals surface area (Å²) >= 11 is 0. The molecule has 0 atom stereocenters. The Kier molecular flexibility index (Phi) is 6.39. The summed E-state index contributed by atoms with van der Waals surface area (Å²) < 4.78 is 6.37. The van der Waals surface area contributed by atoms with Crippen LogP contribution in [0.4, 0.5) is 0 Å². The third-order valence-electron chi connectivity index (χ3n) is 8.59. The van der Waals surface area contributed by atoms with Gasteiger partial charge in [-0.2, -0.15) is 0 Å². The number of pyridine rings is 1. The van der Waals surface area contributed by atoms with Crippen LogP contribution >= 0.6 is 0 Å². The molecule has 3 aromatic heterocycles. The van der Waals surface area contributed by atoms with E-state index < -0.39 is 0 Å². The van der Waals surface area contributed by atoms with E-state index in [1.54, 1.807) is 6.20 Å². The number of rotatable bonds is 5. The molecule has 0 aliphatic carbocycles. The molecule has 5 heteroatoms. The summed E-state index contributed by atoms with van der Waals surface area (Å²) in [4.78, 5) is 19.8. The van der Waals surface area contributed by atoms with Crippen molar-refractivity contribution in [1.29, 1.82) is 0 Å². The molecule has 0 radical (unpaired) electrons. The van der Waals surface area contributed by atoms with Crippen LogP contribution in [0.5, 0.6) is 0 Å². The van der Waals surface area contributed by atoms with E-state index in [2.05, 4.69) is 96.0 Å². The third kappa shape index (κ3) is 4.91. The molecule has 0 spiro atoms. The van der Waals surface area contributed by atoms with E-state index >= 15 is 0 Å². The molecule has 0 saturated carbocycles. The van der Waals surface area contributed by atoms with Gasteiger partial charge in [0.25, 0.3) is 0 Å². The zero-order valence-corrected chi connectivity index (χ0v) is 25.2. The summed E-state index contributed by atoms with van der Waals surface area (Å²) in [5, 5.41) is 4.13. The first kappa shape index (κ1) is 26.9. The Morgan fingerprint density at radius 1 is 0.404 bits per heavy atom. The van der Waals surface area contributed by atoms with Crippen LogP contribution in [0.15, 0.2) is 162 Å². The lowest BCUT2D eigenvalue weighted by molar-refractivity contribution is 0.654. The molecule has 0 N–H and O–H groups in total. The number of nitrogens with zero attached hydrogens (tertiary/aromatic N) is 4. The van der Waals surface area contributed by atoms with Crippen molar-refractivity contribution in [1.82, 2.24) is 19.9 Å². The molecule has 0 amide bonds. The van der Waals surface area contributed by atoms with E-state index in [0.29, 0.717) is 23.2 Å². The number of hydrogen-bond donors (Lipinski definition) is 0. The average molecular weight is 603 g/mol. The highest BCUT2D eigenvalue weighted by Crippen LogP contribution is 2.39. The minimum Gasteiger partial charge on any atom is -0.438 e. The summed E-state index contributed by atoms with van der Waals surface area (Å²) in [6, 6.07) is 51.9. The lowest BCUT2D eigenvalue weighted by atomic mass is 9.96. The van der Waals surface area contributed by atoms with Crippen LogP contribution in [0.2, 0.25) is 0 Å². The summed E-state index contributed by atoms with van der Waals surface area (Å²) in [5.41, 5.74) is 8.41. The molecular weight excluding hydrogens is 576 g/mol. The van der Waals surface area contributed by atoms with Gasteiger partial charge in [0.2, 0.25) is 5.71 Å². The first-order valence-electron chi connectivity index (χ1n) is 15.5. The van der Waals surface area contributed by atoms with E-state index in [0.717, 1.165) is 55.1 Å². The zero-order chi connectivity index (χ0) is 31.2. The molecule has 0 aliphatic heterocycles. The van der Waals surface area contributed by atoms with Crippen LogP contribution in [-0.4, -0.2) is 19.9 Å². The molecule has 0 aliphatic rings. The molecule has 6 aromatic carbocycles. The minimum atomic E-state index is 0.571. The second-order valence-electron chi connectivity index (χ2n) is 11.5. The fourth-order valence-corrected chi connectivity index (χ4v) is 6.24. The predicted molar refractivity (Wildman–Crippen MR) is 190 cm³/mol. The number of furan rings is 1. The lowest BCUT2D eigenvalue weighted by Gasteiger charge is -2.12. The molecule has 0 unspecified atom stereocenters. The van der Waals surface area contributed by atoms with E-state index in [4.69, 9.17) is 19.4 Å². The molecule has 3 heterocycles. The van der Waals surface area contributed by atoms with E-state index in [9.17, 15) is 0 Å². The number of aromatic nitrogens is 4. The highest BCUT2D eigenvalue weighted by molar-refractivity contribution is 6.12. The van der Waals surface area contributed by atoms with E-state index in [-0.39, 0.29) is 0 Å². The van der Waals surface area contributed by atoms with Crippen LogP contribution in [0.25, 0.3) is 89.3 Å². The van der Waals surface area contributed by atoms with E-state index in [1.165, 1.54) is 10.9 Å². The topological polar surface area (TPSA) is 64.7 Å². The fraction of sp³-hybridized carbons (Fsp3) is 0. The largest absolute Gasteiger partial charge is 0.438 e. The molecule has 0 bridgehead atoms. The Balaban J connectivity index is 1.28. The maximum absolute atomic E-state index is 6.37. The maximum Gasteiger partial charge on any atom is 0.227 e. The van der Waals surface area contributed by atoms with Crippen LogP contribution in [-0.2, 0) is 0 Å². The molecule has 0 fully saturated rings.